The van der Waals surface area contributed by atoms with E-state index in [-0.39, 0.29) is 12.4 Å². The van der Waals surface area contributed by atoms with Crippen LogP contribution in [0.3, 0.4) is 0 Å². The van der Waals surface area contributed by atoms with Gasteiger partial charge in [0.15, 0.2) is 18.1 Å². The molecule has 5 aromatic rings. The van der Waals surface area contributed by atoms with Crippen LogP contribution in [0.25, 0.3) is 28.1 Å². The van der Waals surface area contributed by atoms with E-state index in [0.29, 0.717) is 18.1 Å². The lowest BCUT2D eigenvalue weighted by Gasteiger charge is -2.15. The largest absolute Gasteiger partial charge is 0.519 e. The molecule has 0 spiro atoms. The molecule has 0 radical (unpaired) electrons. The van der Waals surface area contributed by atoms with Gasteiger partial charge in [-0.1, -0.05) is 55.5 Å². The quantitative estimate of drug-likeness (QED) is 0.155. The summed E-state index contributed by atoms with van der Waals surface area (Å²) in [4.78, 5) is 29.2. The summed E-state index contributed by atoms with van der Waals surface area (Å²) in [5.41, 5.74) is 6.97. The van der Waals surface area contributed by atoms with Crippen molar-refractivity contribution in [3.05, 3.63) is 99.5 Å². The van der Waals surface area contributed by atoms with E-state index in [1.807, 2.05) is 24.3 Å². The molecule has 0 fully saturated rings. The van der Waals surface area contributed by atoms with Crippen LogP contribution < -0.4 is 5.82 Å². The van der Waals surface area contributed by atoms with Crippen LogP contribution >= 0.6 is 0 Å². The number of hydrogen-bond donors (Lipinski definition) is 1. The van der Waals surface area contributed by atoms with Gasteiger partial charge in [-0.25, -0.2) is 14.6 Å². The molecular formula is C31H30N6O5. The number of tetrazole rings is 1. The van der Waals surface area contributed by atoms with Gasteiger partial charge in [-0.05, 0) is 60.1 Å². The van der Waals surface area contributed by atoms with Gasteiger partial charge in [0, 0.05) is 24.6 Å². The maximum atomic E-state index is 12.9. The van der Waals surface area contributed by atoms with E-state index in [0.717, 1.165) is 77.1 Å². The van der Waals surface area contributed by atoms with Crippen molar-refractivity contribution >= 4 is 11.5 Å². The Morgan fingerprint density at radius 2 is 1.86 bits per heavy atom. The molecule has 0 saturated heterocycles. The summed E-state index contributed by atoms with van der Waals surface area (Å²) in [6.45, 7) is 4.13. The molecule has 0 bridgehead atoms. The van der Waals surface area contributed by atoms with Crippen LogP contribution in [0, 0.1) is 6.92 Å². The number of aryl methyl sites for hydroxylation is 3. The summed E-state index contributed by atoms with van der Waals surface area (Å²) in [6, 6.07) is 16.4. The lowest BCUT2D eigenvalue weighted by Crippen LogP contribution is -2.10. The fourth-order valence-electron chi connectivity index (χ4n) is 5.40. The number of fused-ring (bicyclic) bond motifs is 1. The van der Waals surface area contributed by atoms with Crippen LogP contribution in [0.5, 0.6) is 0 Å². The summed E-state index contributed by atoms with van der Waals surface area (Å²) in [7, 11) is 0. The predicted molar refractivity (Wildman–Crippen MR) is 153 cm³/mol. The number of carbonyl (C=O) groups is 1. The molecule has 3 heterocycles. The third-order valence-corrected chi connectivity index (χ3v) is 7.44. The number of allylic oxidation sites excluding steroid dienone is 1. The smallest absolute Gasteiger partial charge is 0.454 e. The van der Waals surface area contributed by atoms with Crippen molar-refractivity contribution in [1.29, 1.82) is 0 Å². The van der Waals surface area contributed by atoms with Gasteiger partial charge in [0.2, 0.25) is 5.82 Å². The number of H-pyrrole nitrogens is 1. The van der Waals surface area contributed by atoms with E-state index in [9.17, 15) is 9.59 Å². The minimum Gasteiger partial charge on any atom is -0.454 e. The van der Waals surface area contributed by atoms with E-state index in [1.165, 1.54) is 0 Å². The first kappa shape index (κ1) is 27.1. The number of rotatable bonds is 8. The summed E-state index contributed by atoms with van der Waals surface area (Å²) >= 11 is 0. The molecule has 1 aliphatic rings. The zero-order chi connectivity index (χ0) is 29.1. The molecule has 11 nitrogen and oxygen atoms in total. The van der Waals surface area contributed by atoms with Gasteiger partial charge in [-0.15, -0.1) is 10.2 Å². The summed E-state index contributed by atoms with van der Waals surface area (Å²) < 4.78 is 17.4. The Morgan fingerprint density at radius 1 is 1.07 bits per heavy atom. The molecule has 42 heavy (non-hydrogen) atoms. The molecular weight excluding hydrogens is 536 g/mol. The minimum absolute atomic E-state index is 0.172. The van der Waals surface area contributed by atoms with Crippen LogP contribution in [0.4, 0.5) is 0 Å². The molecule has 214 valence electrons. The Bertz CT molecular complexity index is 1790. The maximum Gasteiger partial charge on any atom is 0.519 e. The molecule has 0 unspecified atom stereocenters. The number of esters is 1. The molecule has 2 aromatic carbocycles. The van der Waals surface area contributed by atoms with Crippen molar-refractivity contribution < 1.29 is 18.4 Å². The second-order valence-electron chi connectivity index (χ2n) is 10.2. The first-order chi connectivity index (χ1) is 20.5. The van der Waals surface area contributed by atoms with Crippen LogP contribution in [0.15, 0.2) is 68.2 Å². The summed E-state index contributed by atoms with van der Waals surface area (Å²) in [6.07, 6.45) is 5.84. The third kappa shape index (κ3) is 5.58. The van der Waals surface area contributed by atoms with Crippen molar-refractivity contribution in [2.45, 2.75) is 59.1 Å². The Morgan fingerprint density at radius 3 is 2.57 bits per heavy atom. The predicted octanol–water partition coefficient (Wildman–Crippen LogP) is 5.05. The molecule has 0 amide bonds. The average Bonchev–Trinajstić information content (AvgIpc) is 3.70. The van der Waals surface area contributed by atoms with Crippen molar-refractivity contribution in [3.8, 4) is 22.5 Å². The van der Waals surface area contributed by atoms with Gasteiger partial charge in [0.25, 0.3) is 0 Å². The third-order valence-electron chi connectivity index (χ3n) is 7.44. The van der Waals surface area contributed by atoms with Crippen molar-refractivity contribution in [2.75, 3.05) is 0 Å². The number of benzene rings is 2. The highest BCUT2D eigenvalue weighted by Gasteiger charge is 2.23. The highest BCUT2D eigenvalue weighted by molar-refractivity contribution is 5.91. The zero-order valence-electron chi connectivity index (χ0n) is 23.4. The fourth-order valence-corrected chi connectivity index (χ4v) is 5.40. The van der Waals surface area contributed by atoms with E-state index in [1.54, 1.807) is 13.0 Å². The second-order valence-corrected chi connectivity index (χ2v) is 10.2. The average molecular weight is 567 g/mol. The number of imidazole rings is 1. The van der Waals surface area contributed by atoms with Crippen LogP contribution in [0.2, 0.25) is 0 Å². The van der Waals surface area contributed by atoms with E-state index in [2.05, 4.69) is 56.4 Å². The summed E-state index contributed by atoms with van der Waals surface area (Å²) in [5.74, 6) is 0.707. The van der Waals surface area contributed by atoms with Gasteiger partial charge in [-0.3, -0.25) is 0 Å². The minimum atomic E-state index is -0.814. The number of carbonyl (C=O) groups excluding carboxylic acids is 1. The summed E-state index contributed by atoms with van der Waals surface area (Å²) in [5, 5.41) is 14.5. The van der Waals surface area contributed by atoms with Crippen molar-refractivity contribution in [1.82, 2.24) is 30.2 Å². The van der Waals surface area contributed by atoms with Crippen LogP contribution in [0.1, 0.15) is 60.5 Å². The lowest BCUT2D eigenvalue weighted by atomic mass is 9.98. The molecule has 3 aromatic heterocycles. The SMILES string of the molecule is CCc1nc2c(n1Cc1ccc(-c3ccccc3-c3nn[nH]n3)cc1)/C(=C/C(=O)OCc1oc(=O)oc1C)CCCC2. The highest BCUT2D eigenvalue weighted by atomic mass is 16.6. The Hall–Kier alpha value is -5.06. The molecule has 6 rings (SSSR count). The second kappa shape index (κ2) is 11.8. The fraction of sp³-hybridized carbons (Fsp3) is 0.290. The van der Waals surface area contributed by atoms with Gasteiger partial charge in [-0.2, -0.15) is 5.21 Å². The van der Waals surface area contributed by atoms with Crippen LogP contribution in [-0.4, -0.2) is 36.1 Å². The number of nitrogens with one attached hydrogen (secondary N) is 1. The van der Waals surface area contributed by atoms with Crippen LogP contribution in [-0.2, 0) is 35.5 Å². The Labute approximate surface area is 241 Å². The molecule has 1 N–H and O–H groups in total. The topological polar surface area (TPSA) is 142 Å². The van der Waals surface area contributed by atoms with Crippen molar-refractivity contribution in [3.63, 3.8) is 0 Å². The maximum absolute atomic E-state index is 12.9. The van der Waals surface area contributed by atoms with E-state index >= 15 is 0 Å². The molecule has 0 saturated carbocycles. The van der Waals surface area contributed by atoms with E-state index < -0.39 is 11.8 Å². The molecule has 1 aliphatic carbocycles. The lowest BCUT2D eigenvalue weighted by molar-refractivity contribution is -0.139. The number of nitrogens with zero attached hydrogens (tertiary/aromatic N) is 5. The molecule has 0 atom stereocenters. The molecule has 11 heteroatoms. The van der Waals surface area contributed by atoms with Gasteiger partial charge in [0.1, 0.15) is 5.82 Å². The monoisotopic (exact) mass is 566 g/mol. The van der Waals surface area contributed by atoms with Crippen molar-refractivity contribution in [2.24, 2.45) is 0 Å². The Kier molecular flexibility index (Phi) is 7.63. The highest BCUT2D eigenvalue weighted by Crippen LogP contribution is 2.33. The van der Waals surface area contributed by atoms with Gasteiger partial charge >= 0.3 is 11.8 Å². The van der Waals surface area contributed by atoms with Gasteiger partial charge < -0.3 is 18.1 Å². The number of hydrogen-bond acceptors (Lipinski definition) is 9. The van der Waals surface area contributed by atoms with Gasteiger partial charge in [0.05, 0.1) is 11.4 Å². The number of aromatic nitrogens is 6. The standard InChI is InChI=1S/C31H30N6O5/c1-3-27-32-25-11-7-4-8-22(16-28(38)40-18-26-19(2)41-31(39)42-26)29(25)37(27)17-20-12-14-21(15-13-20)23-9-5-6-10-24(23)30-33-35-36-34-30/h5-6,9-10,12-16H,3-4,7-8,11,17-18H2,1-2H3,(H,33,34,35,36)/b22-16+. The molecule has 0 aliphatic heterocycles. The Balaban J connectivity index is 1.27. The van der Waals surface area contributed by atoms with E-state index in [4.69, 9.17) is 18.6 Å². The first-order valence-corrected chi connectivity index (χ1v) is 14.0. The number of aromatic amines is 1. The number of ether oxygens (including phenoxy) is 1. The normalized spacial score (nSPS) is 14.1. The zero-order valence-corrected chi connectivity index (χ0v) is 23.4. The first-order valence-electron chi connectivity index (χ1n) is 14.0.